The molecule has 0 heterocycles. The Balaban J connectivity index is 1.97. The lowest BCUT2D eigenvalue weighted by Crippen LogP contribution is -2.30. The Morgan fingerprint density at radius 1 is 1.07 bits per heavy atom. The molecule has 0 saturated heterocycles. The minimum absolute atomic E-state index is 0.0323. The molecule has 0 unspecified atom stereocenters. The van der Waals surface area contributed by atoms with Crippen molar-refractivity contribution in [1.82, 2.24) is 5.32 Å². The number of benzene rings is 2. The van der Waals surface area contributed by atoms with Crippen molar-refractivity contribution in [2.45, 2.75) is 12.6 Å². The molecule has 2 rings (SSSR count). The summed E-state index contributed by atoms with van der Waals surface area (Å²) < 4.78 is 38.3. The summed E-state index contributed by atoms with van der Waals surface area (Å²) in [4.78, 5) is 34.0. The molecular weight excluding hydrogens is 425 g/mol. The highest BCUT2D eigenvalue weighted by Gasteiger charge is 2.30. The lowest BCUT2D eigenvalue weighted by atomic mass is 10.1. The van der Waals surface area contributed by atoms with Crippen molar-refractivity contribution in [3.8, 4) is 0 Å². The summed E-state index contributed by atoms with van der Waals surface area (Å²) in [5.41, 5.74) is 0.163. The van der Waals surface area contributed by atoms with Crippen LogP contribution >= 0.6 is 11.6 Å². The minimum Gasteiger partial charge on any atom is -0.480 e. The van der Waals surface area contributed by atoms with Crippen LogP contribution in [-0.4, -0.2) is 29.4 Å². The normalized spacial score (nSPS) is 11.3. The molecule has 3 N–H and O–H groups in total. The number of carbonyl (C=O) groups is 3. The molecule has 2 aromatic carbocycles. The molecule has 30 heavy (non-hydrogen) atoms. The number of hydrogen-bond donors (Lipinski definition) is 3. The van der Waals surface area contributed by atoms with Crippen LogP contribution in [0.3, 0.4) is 0 Å². The molecule has 0 fully saturated rings. The van der Waals surface area contributed by atoms with Crippen molar-refractivity contribution in [3.63, 3.8) is 0 Å². The van der Waals surface area contributed by atoms with E-state index in [-0.39, 0.29) is 17.0 Å². The van der Waals surface area contributed by atoms with Gasteiger partial charge in [0.25, 0.3) is 0 Å². The predicted molar refractivity (Wildman–Crippen MR) is 105 cm³/mol. The molecule has 0 spiro atoms. The molecule has 0 bridgehead atoms. The quantitative estimate of drug-likeness (QED) is 0.571. The molecule has 0 aliphatic carbocycles. The van der Waals surface area contributed by atoms with Crippen molar-refractivity contribution >= 4 is 41.1 Å². The van der Waals surface area contributed by atoms with Gasteiger partial charge in [0.2, 0.25) is 11.8 Å². The standard InChI is InChI=1S/C20H16ClF3N2O4/c21-16-7-4-14(20(22,23)24)10-13(16)3-8-17(27)26-15-5-1-12(2-6-15)9-18(28)25-11-19(29)30/h1-8,10H,9,11H2,(H,25,28)(H,26,27)(H,29,30)/b8-3+. The van der Waals surface area contributed by atoms with Gasteiger partial charge in [0.15, 0.2) is 0 Å². The van der Waals surface area contributed by atoms with E-state index in [0.717, 1.165) is 24.3 Å². The zero-order valence-electron chi connectivity index (χ0n) is 15.3. The Hall–Kier alpha value is -3.33. The average molecular weight is 441 g/mol. The lowest BCUT2D eigenvalue weighted by molar-refractivity contribution is -0.138. The highest BCUT2D eigenvalue weighted by atomic mass is 35.5. The highest BCUT2D eigenvalue weighted by molar-refractivity contribution is 6.32. The van der Waals surface area contributed by atoms with Gasteiger partial charge in [-0.05, 0) is 47.5 Å². The summed E-state index contributed by atoms with van der Waals surface area (Å²) in [6, 6.07) is 9.01. The Labute approximate surface area is 174 Å². The van der Waals surface area contributed by atoms with Crippen LogP contribution in [0.4, 0.5) is 18.9 Å². The van der Waals surface area contributed by atoms with Crippen LogP contribution in [0.5, 0.6) is 0 Å². The summed E-state index contributed by atoms with van der Waals surface area (Å²) in [6.07, 6.45) is -2.33. The molecule has 10 heteroatoms. The summed E-state index contributed by atoms with van der Waals surface area (Å²) in [7, 11) is 0. The van der Waals surface area contributed by atoms with Gasteiger partial charge in [0, 0.05) is 16.8 Å². The van der Waals surface area contributed by atoms with Crippen molar-refractivity contribution in [1.29, 1.82) is 0 Å². The van der Waals surface area contributed by atoms with Crippen LogP contribution in [0.1, 0.15) is 16.7 Å². The highest BCUT2D eigenvalue weighted by Crippen LogP contribution is 2.32. The number of nitrogens with one attached hydrogen (secondary N) is 2. The number of carboxylic acid groups (broad SMARTS) is 1. The van der Waals surface area contributed by atoms with Crippen molar-refractivity contribution in [2.75, 3.05) is 11.9 Å². The van der Waals surface area contributed by atoms with E-state index >= 15 is 0 Å². The fraction of sp³-hybridized carbons (Fsp3) is 0.150. The zero-order chi connectivity index (χ0) is 22.3. The first-order chi connectivity index (χ1) is 14.0. The maximum absolute atomic E-state index is 12.8. The number of carbonyl (C=O) groups excluding carboxylic acids is 2. The van der Waals surface area contributed by atoms with Gasteiger partial charge in [-0.2, -0.15) is 13.2 Å². The monoisotopic (exact) mass is 440 g/mol. The van der Waals surface area contributed by atoms with Gasteiger partial charge in [-0.3, -0.25) is 14.4 Å². The van der Waals surface area contributed by atoms with Crippen LogP contribution in [0, 0.1) is 0 Å². The van der Waals surface area contributed by atoms with E-state index < -0.39 is 36.1 Å². The zero-order valence-corrected chi connectivity index (χ0v) is 16.1. The van der Waals surface area contributed by atoms with E-state index in [1.54, 1.807) is 12.1 Å². The summed E-state index contributed by atoms with van der Waals surface area (Å²) in [5.74, 6) is -2.20. The van der Waals surface area contributed by atoms with Gasteiger partial charge in [0.05, 0.1) is 12.0 Å². The number of aliphatic carboxylic acids is 1. The number of halogens is 4. The first kappa shape index (κ1) is 23.0. The number of anilines is 1. The molecule has 158 valence electrons. The summed E-state index contributed by atoms with van der Waals surface area (Å²) in [5, 5.41) is 13.3. The van der Waals surface area contributed by atoms with Gasteiger partial charge in [-0.25, -0.2) is 0 Å². The molecule has 0 aromatic heterocycles. The predicted octanol–water partition coefficient (Wildman–Crippen LogP) is 3.75. The molecule has 0 saturated carbocycles. The van der Waals surface area contributed by atoms with E-state index in [1.807, 2.05) is 0 Å². The maximum atomic E-state index is 12.8. The van der Waals surface area contributed by atoms with Crippen molar-refractivity contribution in [3.05, 3.63) is 70.3 Å². The lowest BCUT2D eigenvalue weighted by Gasteiger charge is -2.08. The van der Waals surface area contributed by atoms with E-state index in [1.165, 1.54) is 18.2 Å². The van der Waals surface area contributed by atoms with E-state index in [2.05, 4.69) is 10.6 Å². The molecule has 6 nitrogen and oxygen atoms in total. The smallest absolute Gasteiger partial charge is 0.416 e. The third-order valence-corrected chi connectivity index (χ3v) is 4.10. The Morgan fingerprint density at radius 2 is 1.73 bits per heavy atom. The molecule has 2 aromatic rings. The van der Waals surface area contributed by atoms with Crippen molar-refractivity contribution in [2.24, 2.45) is 0 Å². The second-order valence-corrected chi connectivity index (χ2v) is 6.51. The molecular formula is C20H16ClF3N2O4. The number of amides is 2. The largest absolute Gasteiger partial charge is 0.480 e. The number of hydrogen-bond acceptors (Lipinski definition) is 3. The van der Waals surface area contributed by atoms with Gasteiger partial charge in [-0.15, -0.1) is 0 Å². The number of carboxylic acids is 1. The Bertz CT molecular complexity index is 973. The van der Waals surface area contributed by atoms with Crippen LogP contribution in [0.2, 0.25) is 5.02 Å². The van der Waals surface area contributed by atoms with Crippen LogP contribution in [0.25, 0.3) is 6.08 Å². The second kappa shape index (κ2) is 9.93. The Morgan fingerprint density at radius 3 is 2.33 bits per heavy atom. The topological polar surface area (TPSA) is 95.5 Å². The fourth-order valence-corrected chi connectivity index (χ4v) is 2.51. The van der Waals surface area contributed by atoms with Gasteiger partial charge >= 0.3 is 12.1 Å². The van der Waals surface area contributed by atoms with Crippen molar-refractivity contribution < 1.29 is 32.7 Å². The molecule has 2 amide bonds. The third kappa shape index (κ3) is 7.25. The van der Waals surface area contributed by atoms with Crippen LogP contribution in [0.15, 0.2) is 48.5 Å². The first-order valence-electron chi connectivity index (χ1n) is 8.48. The third-order valence-electron chi connectivity index (χ3n) is 3.76. The molecule has 0 aliphatic rings. The van der Waals surface area contributed by atoms with Crippen LogP contribution in [-0.2, 0) is 27.0 Å². The number of alkyl halides is 3. The Kier molecular flexibility index (Phi) is 7.60. The molecule has 0 aliphatic heterocycles. The first-order valence-corrected chi connectivity index (χ1v) is 8.85. The SMILES string of the molecule is O=C(O)CNC(=O)Cc1ccc(NC(=O)/C=C/c2cc(C(F)(F)F)ccc2Cl)cc1. The fourth-order valence-electron chi connectivity index (χ4n) is 2.33. The minimum atomic E-state index is -4.53. The second-order valence-electron chi connectivity index (χ2n) is 6.10. The summed E-state index contributed by atoms with van der Waals surface area (Å²) >= 11 is 5.87. The molecule has 0 atom stereocenters. The van der Waals surface area contributed by atoms with Gasteiger partial charge in [0.1, 0.15) is 6.54 Å². The van der Waals surface area contributed by atoms with Gasteiger partial charge < -0.3 is 15.7 Å². The molecule has 0 radical (unpaired) electrons. The number of rotatable bonds is 7. The summed E-state index contributed by atoms with van der Waals surface area (Å²) in [6.45, 7) is -0.477. The van der Waals surface area contributed by atoms with Crippen LogP contribution < -0.4 is 10.6 Å². The van der Waals surface area contributed by atoms with E-state index in [4.69, 9.17) is 16.7 Å². The van der Waals surface area contributed by atoms with Gasteiger partial charge in [-0.1, -0.05) is 23.7 Å². The maximum Gasteiger partial charge on any atom is 0.416 e. The van der Waals surface area contributed by atoms with E-state index in [0.29, 0.717) is 11.3 Å². The average Bonchev–Trinajstić information content (AvgIpc) is 2.66. The van der Waals surface area contributed by atoms with E-state index in [9.17, 15) is 27.6 Å².